The number of ether oxygens (including phenoxy) is 3. The number of carbonyl (C=O) groups excluding carboxylic acids is 3. The maximum atomic E-state index is 12.9. The van der Waals surface area contributed by atoms with E-state index in [1.54, 1.807) is 0 Å². The molecule has 0 aliphatic rings. The van der Waals surface area contributed by atoms with Crippen LogP contribution in [-0.4, -0.2) is 95.9 Å². The van der Waals surface area contributed by atoms with Crippen molar-refractivity contribution in [2.24, 2.45) is 0 Å². The quantitative estimate of drug-likeness (QED) is 0.0146. The van der Waals surface area contributed by atoms with Crippen LogP contribution in [0, 0.1) is 0 Å². The van der Waals surface area contributed by atoms with Crippen molar-refractivity contribution in [3.63, 3.8) is 0 Å². The number of unbranched alkanes of at least 4 members (excludes halogenated alkanes) is 22. The normalized spacial score (nSPS) is 14.9. The van der Waals surface area contributed by atoms with E-state index in [0.717, 1.165) is 173 Å². The molecule has 0 radical (unpaired) electrons. The molecule has 0 saturated heterocycles. The zero-order valence-corrected chi connectivity index (χ0v) is 58.3. The van der Waals surface area contributed by atoms with Gasteiger partial charge in [-0.2, -0.15) is 0 Å². The monoisotopic (exact) mass is 1320 g/mol. The van der Waals surface area contributed by atoms with Gasteiger partial charge in [-0.25, -0.2) is 9.13 Å². The Morgan fingerprint density at radius 2 is 0.593 bits per heavy atom. The van der Waals surface area contributed by atoms with Crippen molar-refractivity contribution >= 4 is 33.6 Å². The Hall–Kier alpha value is -4.05. The van der Waals surface area contributed by atoms with E-state index >= 15 is 0 Å². The molecule has 0 bridgehead atoms. The number of allylic oxidation sites excluding steroid dienone is 20. The van der Waals surface area contributed by atoms with Crippen LogP contribution in [0.25, 0.3) is 0 Å². The maximum absolute atomic E-state index is 12.9. The summed E-state index contributed by atoms with van der Waals surface area (Å²) in [5.74, 6) is -1.62. The molecule has 0 aliphatic heterocycles. The van der Waals surface area contributed by atoms with Crippen LogP contribution >= 0.6 is 15.6 Å². The van der Waals surface area contributed by atoms with Crippen LogP contribution in [0.5, 0.6) is 0 Å². The zero-order chi connectivity index (χ0) is 66.7. The summed E-state index contributed by atoms with van der Waals surface area (Å²) in [5, 5.41) is 20.5. The number of aliphatic hydroxyl groups excluding tert-OH is 2. The highest BCUT2D eigenvalue weighted by Gasteiger charge is 2.29. The molecule has 16 nitrogen and oxygen atoms in total. The average molecular weight is 1320 g/mol. The molecule has 5 atom stereocenters. The second-order valence-electron chi connectivity index (χ2n) is 22.9. The molecule has 0 aromatic carbocycles. The van der Waals surface area contributed by atoms with Gasteiger partial charge in [-0.3, -0.25) is 32.5 Å². The number of esters is 3. The molecule has 0 rings (SSSR count). The molecular formula is C73H124O16P2. The van der Waals surface area contributed by atoms with E-state index in [2.05, 4.69) is 142 Å². The highest BCUT2D eigenvalue weighted by molar-refractivity contribution is 7.47. The van der Waals surface area contributed by atoms with Gasteiger partial charge < -0.3 is 34.2 Å². The molecule has 0 fully saturated rings. The van der Waals surface area contributed by atoms with Crippen LogP contribution in [0.2, 0.25) is 0 Å². The molecule has 0 spiro atoms. The summed E-state index contributed by atoms with van der Waals surface area (Å²) in [6.45, 7) is 2.43. The molecule has 5 unspecified atom stereocenters. The Bertz CT molecular complexity index is 2140. The first kappa shape index (κ1) is 87.0. The van der Waals surface area contributed by atoms with Gasteiger partial charge >= 0.3 is 33.6 Å². The number of phosphoric acid groups is 2. The van der Waals surface area contributed by atoms with Crippen molar-refractivity contribution < 1.29 is 75.8 Å². The highest BCUT2D eigenvalue weighted by Crippen LogP contribution is 2.45. The minimum atomic E-state index is -4.93. The summed E-state index contributed by atoms with van der Waals surface area (Å²) in [6, 6.07) is 0. The lowest BCUT2D eigenvalue weighted by Gasteiger charge is -2.21. The van der Waals surface area contributed by atoms with Crippen LogP contribution < -0.4 is 0 Å². The molecule has 91 heavy (non-hydrogen) atoms. The fraction of sp³-hybridized carbons (Fsp3) is 0.685. The first-order valence-electron chi connectivity index (χ1n) is 34.8. The third-order valence-electron chi connectivity index (χ3n) is 14.1. The number of rotatable bonds is 65. The third-order valence-corrected chi connectivity index (χ3v) is 16.0. The molecule has 522 valence electrons. The molecule has 0 aromatic heterocycles. The molecule has 0 amide bonds. The van der Waals surface area contributed by atoms with E-state index in [9.17, 15) is 43.5 Å². The van der Waals surface area contributed by atoms with Gasteiger partial charge in [0.05, 0.1) is 26.4 Å². The van der Waals surface area contributed by atoms with E-state index in [-0.39, 0.29) is 19.3 Å². The van der Waals surface area contributed by atoms with Crippen molar-refractivity contribution in [2.75, 3.05) is 39.6 Å². The maximum Gasteiger partial charge on any atom is 0.472 e. The van der Waals surface area contributed by atoms with Crippen LogP contribution in [0.15, 0.2) is 122 Å². The van der Waals surface area contributed by atoms with Gasteiger partial charge in [0.1, 0.15) is 25.4 Å². The van der Waals surface area contributed by atoms with E-state index in [1.807, 2.05) is 0 Å². The summed E-state index contributed by atoms with van der Waals surface area (Å²) in [5.41, 5.74) is 0. The third kappa shape index (κ3) is 67.2. The number of hydrogen-bond acceptors (Lipinski definition) is 14. The Balaban J connectivity index is 4.56. The summed E-state index contributed by atoms with van der Waals surface area (Å²) in [4.78, 5) is 58.3. The van der Waals surface area contributed by atoms with Gasteiger partial charge in [0.15, 0.2) is 6.10 Å². The number of carbonyl (C=O) groups is 3. The lowest BCUT2D eigenvalue weighted by molar-refractivity contribution is -0.161. The molecular weight excluding hydrogens is 1190 g/mol. The molecule has 4 N–H and O–H groups in total. The molecule has 0 aromatic rings. The fourth-order valence-electron chi connectivity index (χ4n) is 8.80. The number of aliphatic hydroxyl groups is 2. The van der Waals surface area contributed by atoms with Gasteiger partial charge in [-0.1, -0.05) is 239 Å². The fourth-order valence-corrected chi connectivity index (χ4v) is 10.4. The average Bonchev–Trinajstić information content (AvgIpc) is 3.54. The van der Waals surface area contributed by atoms with E-state index in [4.69, 9.17) is 32.3 Å². The summed E-state index contributed by atoms with van der Waals surface area (Å²) < 4.78 is 60.8. The zero-order valence-electron chi connectivity index (χ0n) is 56.5. The summed E-state index contributed by atoms with van der Waals surface area (Å²) in [6.07, 6.45) is 75.4. The SMILES string of the molecule is CC/C=C\C/C=C\C/C=C\C/C=C\C/C=C\C/C=C\CCCCCCCCC(=O)OCC(O)COP(=O)(O)OCC(O)COP(=O)(O)OCC(COC(=O)CCCCCCCC/C=C\C/C=C\C/C=C\CCCCC)OC(=O)CCCCCCC/C=C\CCCC. The number of phosphoric ester groups is 2. The standard InChI is InChI=1S/C73H124O16P2/c1-4-7-10-13-16-19-22-24-26-28-30-31-32-33-34-35-37-39-40-42-45-47-50-53-56-59-71(76)83-62-68(74)63-85-90(79,80)86-64-69(75)65-87-91(81,82)88-67-70(89-73(78)61-58-55-52-49-44-21-18-15-12-9-6-3)66-84-72(77)60-57-54-51-48-46-43-41-38-36-29-27-25-23-20-17-14-11-8-5-2/h7,10,15-20,24-27,30-31,33-34,36-39,68-70,74-75H,4-6,8-9,11-14,21-23,28-29,32,35,40-67H2,1-3H3,(H,79,80)(H,81,82)/b10-7-,18-15-,19-16-,20-17-,26-24-,27-25-,31-30-,34-33-,38-36-,39-37-. The lowest BCUT2D eigenvalue weighted by atomic mass is 10.1. The molecule has 18 heteroatoms. The molecule has 0 heterocycles. The summed E-state index contributed by atoms with van der Waals surface area (Å²) in [7, 11) is -9.79. The Labute approximate surface area is 551 Å². The van der Waals surface area contributed by atoms with Crippen molar-refractivity contribution in [3.05, 3.63) is 122 Å². The second kappa shape index (κ2) is 66.0. The van der Waals surface area contributed by atoms with Crippen LogP contribution in [0.4, 0.5) is 0 Å². The van der Waals surface area contributed by atoms with Crippen molar-refractivity contribution in [1.82, 2.24) is 0 Å². The highest BCUT2D eigenvalue weighted by atomic mass is 31.2. The van der Waals surface area contributed by atoms with Gasteiger partial charge in [0.2, 0.25) is 0 Å². The van der Waals surface area contributed by atoms with Gasteiger partial charge in [0.25, 0.3) is 0 Å². The minimum absolute atomic E-state index is 0.0888. The van der Waals surface area contributed by atoms with E-state index < -0.39 is 91.5 Å². The van der Waals surface area contributed by atoms with E-state index in [1.165, 1.54) is 32.1 Å². The topological polar surface area (TPSA) is 231 Å². The largest absolute Gasteiger partial charge is 0.472 e. The van der Waals surface area contributed by atoms with Gasteiger partial charge in [0, 0.05) is 19.3 Å². The molecule has 0 saturated carbocycles. The Kier molecular flexibility index (Phi) is 63.1. The van der Waals surface area contributed by atoms with Gasteiger partial charge in [-0.15, -0.1) is 0 Å². The Morgan fingerprint density at radius 1 is 0.319 bits per heavy atom. The van der Waals surface area contributed by atoms with E-state index in [0.29, 0.717) is 19.3 Å². The van der Waals surface area contributed by atoms with Gasteiger partial charge in [-0.05, 0) is 128 Å². The first-order valence-corrected chi connectivity index (χ1v) is 37.8. The van der Waals surface area contributed by atoms with Crippen LogP contribution in [0.1, 0.15) is 265 Å². The lowest BCUT2D eigenvalue weighted by Crippen LogP contribution is -2.30. The van der Waals surface area contributed by atoms with Crippen LogP contribution in [0.3, 0.4) is 0 Å². The van der Waals surface area contributed by atoms with Crippen molar-refractivity contribution in [2.45, 2.75) is 283 Å². The summed E-state index contributed by atoms with van der Waals surface area (Å²) >= 11 is 0. The predicted molar refractivity (Wildman–Crippen MR) is 371 cm³/mol. The Morgan fingerprint density at radius 3 is 0.967 bits per heavy atom. The second-order valence-corrected chi connectivity index (χ2v) is 25.8. The predicted octanol–water partition coefficient (Wildman–Crippen LogP) is 19.4. The first-order chi connectivity index (χ1) is 44.2. The van der Waals surface area contributed by atoms with Crippen molar-refractivity contribution in [3.8, 4) is 0 Å². The number of hydrogen-bond donors (Lipinski definition) is 4. The minimum Gasteiger partial charge on any atom is -0.463 e. The van der Waals surface area contributed by atoms with Crippen molar-refractivity contribution in [1.29, 1.82) is 0 Å². The van der Waals surface area contributed by atoms with Crippen LogP contribution in [-0.2, 0) is 55.8 Å². The smallest absolute Gasteiger partial charge is 0.463 e. The molecule has 0 aliphatic carbocycles.